The van der Waals surface area contributed by atoms with Gasteiger partial charge in [-0.1, -0.05) is 6.07 Å². The molecule has 0 fully saturated rings. The number of aryl methyl sites for hydroxylation is 1. The van der Waals surface area contributed by atoms with Gasteiger partial charge in [-0.3, -0.25) is 9.48 Å². The maximum Gasteiger partial charge on any atom is 0.416 e. The Morgan fingerprint density at radius 3 is 2.71 bits per heavy atom. The lowest BCUT2D eigenvalue weighted by Gasteiger charge is -2.09. The summed E-state index contributed by atoms with van der Waals surface area (Å²) in [6.07, 6.45) is -2.98. The van der Waals surface area contributed by atoms with Gasteiger partial charge in [-0.15, -0.1) is 0 Å². The number of hydrogen-bond acceptors (Lipinski definition) is 3. The van der Waals surface area contributed by atoms with Gasteiger partial charge in [-0.05, 0) is 25.1 Å². The van der Waals surface area contributed by atoms with Gasteiger partial charge in [0.25, 0.3) is 5.91 Å². The van der Waals surface area contributed by atoms with Crippen LogP contribution in [-0.4, -0.2) is 15.7 Å². The van der Waals surface area contributed by atoms with Crippen molar-refractivity contribution in [1.29, 1.82) is 0 Å². The molecular formula is C13H13F3N4O. The first-order valence-corrected chi connectivity index (χ1v) is 6.12. The van der Waals surface area contributed by atoms with Crippen molar-refractivity contribution in [3.8, 4) is 0 Å². The Labute approximate surface area is 118 Å². The lowest BCUT2D eigenvalue weighted by atomic mass is 10.2. The van der Waals surface area contributed by atoms with Gasteiger partial charge >= 0.3 is 6.18 Å². The number of carbonyl (C=O) groups excluding carboxylic acids is 1. The summed E-state index contributed by atoms with van der Waals surface area (Å²) in [5.74, 6) is -0.654. The number of nitrogens with two attached hydrogens (primary N) is 1. The number of rotatable bonds is 3. The summed E-state index contributed by atoms with van der Waals surface area (Å²) >= 11 is 0. The molecule has 0 aliphatic rings. The van der Waals surface area contributed by atoms with Gasteiger partial charge < -0.3 is 11.1 Å². The van der Waals surface area contributed by atoms with Crippen LogP contribution in [0.2, 0.25) is 0 Å². The molecule has 2 aromatic rings. The molecular weight excluding hydrogens is 285 g/mol. The third-order valence-corrected chi connectivity index (χ3v) is 2.78. The Balaban J connectivity index is 2.21. The fourth-order valence-electron chi connectivity index (χ4n) is 1.74. The van der Waals surface area contributed by atoms with Crippen LogP contribution in [0.15, 0.2) is 30.5 Å². The molecule has 8 heteroatoms. The molecule has 0 saturated carbocycles. The van der Waals surface area contributed by atoms with E-state index in [0.29, 0.717) is 6.54 Å². The number of amides is 1. The van der Waals surface area contributed by atoms with Crippen molar-refractivity contribution < 1.29 is 18.0 Å². The van der Waals surface area contributed by atoms with Crippen LogP contribution in [0.1, 0.15) is 23.0 Å². The van der Waals surface area contributed by atoms with Crippen molar-refractivity contribution in [2.75, 3.05) is 11.1 Å². The number of alkyl halides is 3. The Morgan fingerprint density at radius 2 is 2.14 bits per heavy atom. The molecule has 1 amide bonds. The maximum absolute atomic E-state index is 12.6. The number of anilines is 2. The lowest BCUT2D eigenvalue weighted by Crippen LogP contribution is -2.15. The number of benzene rings is 1. The van der Waals surface area contributed by atoms with E-state index in [4.69, 9.17) is 5.73 Å². The second-order valence-corrected chi connectivity index (χ2v) is 4.32. The van der Waals surface area contributed by atoms with Gasteiger partial charge in [0.1, 0.15) is 0 Å². The molecule has 0 atom stereocenters. The molecule has 0 saturated heterocycles. The third kappa shape index (κ3) is 3.33. The summed E-state index contributed by atoms with van der Waals surface area (Å²) in [6.45, 7) is 2.35. The van der Waals surface area contributed by atoms with Crippen LogP contribution in [0, 0.1) is 0 Å². The summed E-state index contributed by atoms with van der Waals surface area (Å²) < 4.78 is 39.2. The van der Waals surface area contributed by atoms with Gasteiger partial charge in [0.05, 0.1) is 11.3 Å². The number of carbonyl (C=O) groups is 1. The van der Waals surface area contributed by atoms with E-state index >= 15 is 0 Å². The number of halogens is 3. The van der Waals surface area contributed by atoms with E-state index in [1.165, 1.54) is 23.0 Å². The summed E-state index contributed by atoms with van der Waals surface area (Å²) in [7, 11) is 0. The number of aromatic nitrogens is 2. The zero-order valence-corrected chi connectivity index (χ0v) is 11.1. The summed E-state index contributed by atoms with van der Waals surface area (Å²) in [6, 6.07) is 4.35. The Hall–Kier alpha value is -2.51. The van der Waals surface area contributed by atoms with E-state index in [1.54, 1.807) is 0 Å². The molecule has 3 N–H and O–H groups in total. The highest BCUT2D eigenvalue weighted by Gasteiger charge is 2.30. The van der Waals surface area contributed by atoms with Crippen molar-refractivity contribution >= 4 is 17.3 Å². The van der Waals surface area contributed by atoms with Gasteiger partial charge in [0.2, 0.25) is 0 Å². The summed E-state index contributed by atoms with van der Waals surface area (Å²) in [5, 5.41) is 6.31. The maximum atomic E-state index is 12.6. The molecule has 0 aliphatic carbocycles. The number of nitrogens with one attached hydrogen (secondary N) is 1. The first kappa shape index (κ1) is 14.9. The van der Waals surface area contributed by atoms with Crippen molar-refractivity contribution in [2.24, 2.45) is 0 Å². The molecule has 5 nitrogen and oxygen atoms in total. The van der Waals surface area contributed by atoms with Gasteiger partial charge in [-0.2, -0.15) is 18.3 Å². The minimum Gasteiger partial charge on any atom is -0.396 e. The van der Waals surface area contributed by atoms with Crippen molar-refractivity contribution in [2.45, 2.75) is 19.6 Å². The molecule has 0 spiro atoms. The highest BCUT2D eigenvalue weighted by atomic mass is 19.4. The predicted octanol–water partition coefficient (Wildman–Crippen LogP) is 2.76. The van der Waals surface area contributed by atoms with Crippen molar-refractivity contribution in [3.05, 3.63) is 41.7 Å². The van der Waals surface area contributed by atoms with Crippen LogP contribution in [-0.2, 0) is 12.7 Å². The van der Waals surface area contributed by atoms with Crippen LogP contribution in [0.4, 0.5) is 24.5 Å². The van der Waals surface area contributed by atoms with E-state index in [-0.39, 0.29) is 17.1 Å². The fraction of sp³-hybridized carbons (Fsp3) is 0.231. The van der Waals surface area contributed by atoms with Crippen molar-refractivity contribution in [1.82, 2.24) is 9.78 Å². The molecule has 0 radical (unpaired) electrons. The fourth-order valence-corrected chi connectivity index (χ4v) is 1.74. The number of nitrogens with zero attached hydrogens (tertiary/aromatic N) is 2. The quantitative estimate of drug-likeness (QED) is 0.915. The zero-order valence-electron chi connectivity index (χ0n) is 11.1. The van der Waals surface area contributed by atoms with Gasteiger partial charge in [0.15, 0.2) is 5.69 Å². The Bertz CT molecular complexity index is 664. The van der Waals surface area contributed by atoms with E-state index in [2.05, 4.69) is 10.4 Å². The molecule has 1 aromatic heterocycles. The second-order valence-electron chi connectivity index (χ2n) is 4.32. The highest BCUT2D eigenvalue weighted by Crippen LogP contribution is 2.30. The molecule has 0 aliphatic heterocycles. The van der Waals surface area contributed by atoms with Crippen molar-refractivity contribution in [3.63, 3.8) is 0 Å². The molecule has 21 heavy (non-hydrogen) atoms. The van der Waals surface area contributed by atoms with E-state index < -0.39 is 17.6 Å². The lowest BCUT2D eigenvalue weighted by molar-refractivity contribution is -0.137. The third-order valence-electron chi connectivity index (χ3n) is 2.78. The number of hydrogen-bond donors (Lipinski definition) is 2. The zero-order chi connectivity index (χ0) is 15.6. The normalized spacial score (nSPS) is 11.4. The topological polar surface area (TPSA) is 72.9 Å². The molecule has 0 unspecified atom stereocenters. The van der Waals surface area contributed by atoms with Gasteiger partial charge in [0, 0.05) is 18.4 Å². The largest absolute Gasteiger partial charge is 0.416 e. The van der Waals surface area contributed by atoms with E-state index in [9.17, 15) is 18.0 Å². The predicted molar refractivity (Wildman–Crippen MR) is 71.7 cm³/mol. The van der Waals surface area contributed by atoms with Crippen LogP contribution in [0.5, 0.6) is 0 Å². The molecule has 0 bridgehead atoms. The molecule has 112 valence electrons. The van der Waals surface area contributed by atoms with E-state index in [0.717, 1.165) is 12.1 Å². The van der Waals surface area contributed by atoms with Crippen LogP contribution >= 0.6 is 0 Å². The minimum absolute atomic E-state index is 0.0192. The average molecular weight is 298 g/mol. The van der Waals surface area contributed by atoms with Gasteiger partial charge in [-0.25, -0.2) is 0 Å². The smallest absolute Gasteiger partial charge is 0.396 e. The van der Waals surface area contributed by atoms with Crippen LogP contribution in [0.3, 0.4) is 0 Å². The SMILES string of the molecule is CCn1cc(N)c(C(=O)Nc2cccc(C(F)(F)F)c2)n1. The molecule has 1 aromatic carbocycles. The standard InChI is InChI=1S/C13H13F3N4O/c1-2-20-7-10(17)11(19-20)12(21)18-9-5-3-4-8(6-9)13(14,15)16/h3-7H,2,17H2,1H3,(H,18,21). The number of nitrogen functional groups attached to an aromatic ring is 1. The minimum atomic E-state index is -4.47. The second kappa shape index (κ2) is 5.47. The highest BCUT2D eigenvalue weighted by molar-refractivity contribution is 6.06. The monoisotopic (exact) mass is 298 g/mol. The average Bonchev–Trinajstić information content (AvgIpc) is 2.79. The summed E-state index contributed by atoms with van der Waals surface area (Å²) in [5.41, 5.74) is 4.98. The van der Waals surface area contributed by atoms with E-state index in [1.807, 2.05) is 6.92 Å². The summed E-state index contributed by atoms with van der Waals surface area (Å²) in [4.78, 5) is 12.0. The first-order chi connectivity index (χ1) is 9.81. The van der Waals surface area contributed by atoms with Crippen LogP contribution in [0.25, 0.3) is 0 Å². The Kier molecular flexibility index (Phi) is 3.88. The Morgan fingerprint density at radius 1 is 1.43 bits per heavy atom. The first-order valence-electron chi connectivity index (χ1n) is 6.12. The van der Waals surface area contributed by atoms with Crippen LogP contribution < -0.4 is 11.1 Å². The molecule has 2 rings (SSSR count). The molecule has 1 heterocycles.